The van der Waals surface area contributed by atoms with Crippen molar-refractivity contribution in [2.24, 2.45) is 0 Å². The highest BCUT2D eigenvalue weighted by atomic mass is 19.2. The third-order valence-electron chi connectivity index (χ3n) is 2.17. The van der Waals surface area contributed by atoms with Gasteiger partial charge in [-0.1, -0.05) is 6.92 Å². The first-order chi connectivity index (χ1) is 7.45. The van der Waals surface area contributed by atoms with Crippen LogP contribution >= 0.6 is 0 Å². The molecule has 0 bridgehead atoms. The van der Waals surface area contributed by atoms with E-state index < -0.39 is 40.2 Å². The third kappa shape index (κ3) is 1.75. The topological polar surface area (TPSA) is 35.9 Å². The number of hydrogen-bond donors (Lipinski definition) is 2. The molecule has 2 N–H and O–H groups in total. The highest BCUT2D eigenvalue weighted by Crippen LogP contribution is 2.28. The van der Waals surface area contributed by atoms with Gasteiger partial charge >= 0.3 is 0 Å². The zero-order chi connectivity index (χ0) is 12.5. The lowest BCUT2D eigenvalue weighted by atomic mass is 10.0. The normalized spacial score (nSPS) is 10.4. The molecule has 0 aliphatic heterocycles. The first-order valence-electron chi connectivity index (χ1n) is 4.57. The molecule has 0 saturated heterocycles. The van der Waals surface area contributed by atoms with Crippen molar-refractivity contribution in [1.29, 1.82) is 5.41 Å². The Morgan fingerprint density at radius 1 is 1.06 bits per heavy atom. The van der Waals surface area contributed by atoms with Crippen LogP contribution in [0.3, 0.4) is 0 Å². The standard InChI is InChI=1S/C10H10F4N2/c1-3-4(15)5-6(11)8(13)9(14)10(16-2)7(5)12/h15-16H,3H2,1-2H3. The predicted octanol–water partition coefficient (Wildman–Crippen LogP) is 3.06. The number of nitrogens with one attached hydrogen (secondary N) is 2. The average molecular weight is 234 g/mol. The summed E-state index contributed by atoms with van der Waals surface area (Å²) in [6.45, 7) is 1.49. The average Bonchev–Trinajstić information content (AvgIpc) is 2.27. The lowest BCUT2D eigenvalue weighted by Gasteiger charge is -2.11. The monoisotopic (exact) mass is 234 g/mol. The summed E-state index contributed by atoms with van der Waals surface area (Å²) >= 11 is 0. The van der Waals surface area contributed by atoms with E-state index in [9.17, 15) is 17.6 Å². The molecule has 0 radical (unpaired) electrons. The zero-order valence-corrected chi connectivity index (χ0v) is 8.72. The molecular weight excluding hydrogens is 224 g/mol. The van der Waals surface area contributed by atoms with Gasteiger partial charge in [0.15, 0.2) is 23.3 Å². The number of halogens is 4. The highest BCUT2D eigenvalue weighted by molar-refractivity contribution is 5.99. The van der Waals surface area contributed by atoms with Crippen LogP contribution in [0.15, 0.2) is 0 Å². The zero-order valence-electron chi connectivity index (χ0n) is 8.72. The maximum absolute atomic E-state index is 13.6. The second-order valence-corrected chi connectivity index (χ2v) is 3.09. The van der Waals surface area contributed by atoms with Gasteiger partial charge in [-0.15, -0.1) is 0 Å². The maximum atomic E-state index is 13.6. The number of hydrogen-bond acceptors (Lipinski definition) is 2. The van der Waals surface area contributed by atoms with Crippen molar-refractivity contribution in [3.05, 3.63) is 28.8 Å². The Morgan fingerprint density at radius 3 is 2.06 bits per heavy atom. The van der Waals surface area contributed by atoms with E-state index in [-0.39, 0.29) is 6.42 Å². The summed E-state index contributed by atoms with van der Waals surface area (Å²) in [6, 6.07) is 0. The molecule has 0 unspecified atom stereocenters. The Morgan fingerprint density at radius 2 is 1.62 bits per heavy atom. The van der Waals surface area contributed by atoms with Crippen molar-refractivity contribution >= 4 is 11.4 Å². The van der Waals surface area contributed by atoms with Gasteiger partial charge in [-0.25, -0.2) is 17.6 Å². The molecule has 0 atom stereocenters. The molecule has 0 aliphatic rings. The molecule has 1 aromatic carbocycles. The molecule has 0 amide bonds. The molecule has 6 heteroatoms. The summed E-state index contributed by atoms with van der Waals surface area (Å²) in [5.74, 6) is -6.35. The van der Waals surface area contributed by atoms with Crippen LogP contribution in [0.4, 0.5) is 23.2 Å². The van der Waals surface area contributed by atoms with Gasteiger partial charge in [0.1, 0.15) is 5.69 Å². The van der Waals surface area contributed by atoms with Crippen LogP contribution in [0.1, 0.15) is 18.9 Å². The van der Waals surface area contributed by atoms with Crippen molar-refractivity contribution in [1.82, 2.24) is 0 Å². The van der Waals surface area contributed by atoms with Crippen molar-refractivity contribution in [2.75, 3.05) is 12.4 Å². The van der Waals surface area contributed by atoms with Gasteiger partial charge < -0.3 is 10.7 Å². The summed E-state index contributed by atoms with van der Waals surface area (Å²) in [5, 5.41) is 9.40. The van der Waals surface area contributed by atoms with Gasteiger partial charge in [-0.3, -0.25) is 0 Å². The van der Waals surface area contributed by atoms with Crippen LogP contribution < -0.4 is 5.32 Å². The van der Waals surface area contributed by atoms with E-state index in [1.54, 1.807) is 0 Å². The van der Waals surface area contributed by atoms with E-state index in [1.807, 2.05) is 0 Å². The Balaban J connectivity index is 3.62. The van der Waals surface area contributed by atoms with Crippen LogP contribution in [0.5, 0.6) is 0 Å². The maximum Gasteiger partial charge on any atom is 0.197 e. The SMILES string of the molecule is CCC(=N)c1c(F)c(F)c(F)c(NC)c1F. The molecule has 0 fully saturated rings. The predicted molar refractivity (Wildman–Crippen MR) is 52.9 cm³/mol. The lowest BCUT2D eigenvalue weighted by molar-refractivity contribution is 0.436. The summed E-state index contributed by atoms with van der Waals surface area (Å²) in [7, 11) is 1.18. The molecule has 0 spiro atoms. The molecule has 0 aromatic heterocycles. The number of benzene rings is 1. The lowest BCUT2D eigenvalue weighted by Crippen LogP contribution is -2.12. The van der Waals surface area contributed by atoms with E-state index in [0.29, 0.717) is 0 Å². The van der Waals surface area contributed by atoms with Crippen molar-refractivity contribution in [2.45, 2.75) is 13.3 Å². The fourth-order valence-corrected chi connectivity index (χ4v) is 1.29. The summed E-state index contributed by atoms with van der Waals surface area (Å²) in [6.07, 6.45) is 0.0159. The van der Waals surface area contributed by atoms with Crippen LogP contribution in [-0.4, -0.2) is 12.8 Å². The summed E-state index contributed by atoms with van der Waals surface area (Å²) in [4.78, 5) is 0. The Labute approximate surface area is 89.8 Å². The molecular formula is C10H10F4N2. The molecule has 0 aliphatic carbocycles. The fourth-order valence-electron chi connectivity index (χ4n) is 1.29. The van der Waals surface area contributed by atoms with Crippen molar-refractivity contribution in [3.63, 3.8) is 0 Å². The minimum atomic E-state index is -1.78. The van der Waals surface area contributed by atoms with Crippen molar-refractivity contribution < 1.29 is 17.6 Å². The van der Waals surface area contributed by atoms with Gasteiger partial charge in [0, 0.05) is 12.8 Å². The van der Waals surface area contributed by atoms with E-state index in [2.05, 4.69) is 5.32 Å². The van der Waals surface area contributed by atoms with Gasteiger partial charge in [-0.2, -0.15) is 0 Å². The number of anilines is 1. The van der Waals surface area contributed by atoms with E-state index >= 15 is 0 Å². The minimum absolute atomic E-state index is 0.0159. The highest BCUT2D eigenvalue weighted by Gasteiger charge is 2.26. The quantitative estimate of drug-likeness (QED) is 0.358. The second kappa shape index (κ2) is 4.51. The summed E-state index contributed by atoms with van der Waals surface area (Å²) < 4.78 is 53.0. The van der Waals surface area contributed by atoms with E-state index in [4.69, 9.17) is 5.41 Å². The Bertz CT molecular complexity index is 443. The Hall–Kier alpha value is -1.59. The minimum Gasteiger partial charge on any atom is -0.383 e. The van der Waals surface area contributed by atoms with Crippen LogP contribution in [0.2, 0.25) is 0 Å². The van der Waals surface area contributed by atoms with Gasteiger partial charge in [0.25, 0.3) is 0 Å². The molecule has 0 saturated carbocycles. The van der Waals surface area contributed by atoms with Crippen LogP contribution in [0, 0.1) is 28.7 Å². The first-order valence-corrected chi connectivity index (χ1v) is 4.57. The first kappa shape index (κ1) is 12.5. The third-order valence-corrected chi connectivity index (χ3v) is 2.17. The van der Waals surface area contributed by atoms with Crippen molar-refractivity contribution in [3.8, 4) is 0 Å². The molecule has 88 valence electrons. The second-order valence-electron chi connectivity index (χ2n) is 3.09. The molecule has 1 rings (SSSR count). The van der Waals surface area contributed by atoms with Crippen LogP contribution in [0.25, 0.3) is 0 Å². The smallest absolute Gasteiger partial charge is 0.197 e. The molecule has 16 heavy (non-hydrogen) atoms. The Kier molecular flexibility index (Phi) is 3.51. The van der Waals surface area contributed by atoms with Gasteiger partial charge in [0.05, 0.1) is 5.56 Å². The summed E-state index contributed by atoms with van der Waals surface area (Å²) in [5.41, 5.74) is -2.02. The molecule has 2 nitrogen and oxygen atoms in total. The fraction of sp³-hybridized carbons (Fsp3) is 0.300. The van der Waals surface area contributed by atoms with Crippen LogP contribution in [-0.2, 0) is 0 Å². The molecule has 1 aromatic rings. The van der Waals surface area contributed by atoms with Gasteiger partial charge in [-0.05, 0) is 6.42 Å². The molecule has 0 heterocycles. The largest absolute Gasteiger partial charge is 0.383 e. The van der Waals surface area contributed by atoms with E-state index in [0.717, 1.165) is 0 Å². The van der Waals surface area contributed by atoms with E-state index in [1.165, 1.54) is 14.0 Å². The number of rotatable bonds is 3. The van der Waals surface area contributed by atoms with Gasteiger partial charge in [0.2, 0.25) is 0 Å².